The average molecular weight is 544 g/mol. The summed E-state index contributed by atoms with van der Waals surface area (Å²) >= 11 is 0. The second kappa shape index (κ2) is 10.6. The van der Waals surface area contributed by atoms with Gasteiger partial charge >= 0.3 is 12.4 Å². The summed E-state index contributed by atoms with van der Waals surface area (Å²) in [6, 6.07) is 6.44. The summed E-state index contributed by atoms with van der Waals surface area (Å²) in [5, 5.41) is 2.31. The number of anilines is 2. The van der Waals surface area contributed by atoms with Crippen molar-refractivity contribution in [2.45, 2.75) is 47.0 Å². The van der Waals surface area contributed by atoms with E-state index in [0.717, 1.165) is 11.1 Å². The standard InChI is InChI=1S/C27H31F6N3O2/c1-6-35(7-2)14-25(15-36(23(37)18(25)5)22-16(3)9-8-10-17(22)4)24(38)34-21-12-19(26(28,29)30)11-20(13-21)27(31,32)33/h8-13,18H,6-7,14-15H2,1-5H3,(H,34,38)/t18-,25-/m1/s1. The van der Waals surface area contributed by atoms with Crippen LogP contribution in [-0.2, 0) is 21.9 Å². The van der Waals surface area contributed by atoms with Crippen molar-refractivity contribution in [1.82, 2.24) is 4.90 Å². The lowest BCUT2D eigenvalue weighted by Gasteiger charge is -2.35. The highest BCUT2D eigenvalue weighted by Gasteiger charge is 2.56. The van der Waals surface area contributed by atoms with Crippen molar-refractivity contribution in [2.75, 3.05) is 36.4 Å². The smallest absolute Gasteiger partial charge is 0.325 e. The van der Waals surface area contributed by atoms with Crippen molar-refractivity contribution >= 4 is 23.2 Å². The minimum absolute atomic E-state index is 0.00569. The van der Waals surface area contributed by atoms with Gasteiger partial charge in [-0.3, -0.25) is 9.59 Å². The lowest BCUT2D eigenvalue weighted by molar-refractivity contribution is -0.143. The monoisotopic (exact) mass is 543 g/mol. The molecule has 1 N–H and O–H groups in total. The molecule has 11 heteroatoms. The van der Waals surface area contributed by atoms with Crippen molar-refractivity contribution in [1.29, 1.82) is 0 Å². The molecule has 1 aliphatic rings. The molecule has 1 fully saturated rings. The number of para-hydroxylation sites is 1. The Hall–Kier alpha value is -3.08. The molecule has 2 aromatic rings. The van der Waals surface area contributed by atoms with Gasteiger partial charge in [0.25, 0.3) is 0 Å². The number of rotatable bonds is 7. The van der Waals surface area contributed by atoms with E-state index in [2.05, 4.69) is 5.32 Å². The summed E-state index contributed by atoms with van der Waals surface area (Å²) in [6.45, 7) is 10.0. The first-order chi connectivity index (χ1) is 17.5. The first-order valence-corrected chi connectivity index (χ1v) is 12.3. The Labute approximate surface area is 217 Å². The molecule has 2 atom stereocenters. The van der Waals surface area contributed by atoms with Gasteiger partial charge in [0.05, 0.1) is 22.5 Å². The van der Waals surface area contributed by atoms with Crippen LogP contribution in [0.2, 0.25) is 0 Å². The number of nitrogens with zero attached hydrogens (tertiary/aromatic N) is 2. The molecule has 1 aliphatic heterocycles. The van der Waals surface area contributed by atoms with Gasteiger partial charge in [-0.2, -0.15) is 26.3 Å². The first-order valence-electron chi connectivity index (χ1n) is 12.3. The van der Waals surface area contributed by atoms with Crippen LogP contribution < -0.4 is 10.2 Å². The third-order valence-electron chi connectivity index (χ3n) is 7.31. The van der Waals surface area contributed by atoms with Gasteiger partial charge in [0.2, 0.25) is 11.8 Å². The number of carbonyl (C=O) groups is 2. The van der Waals surface area contributed by atoms with E-state index >= 15 is 0 Å². The molecule has 0 bridgehead atoms. The van der Waals surface area contributed by atoms with Gasteiger partial charge in [-0.15, -0.1) is 0 Å². The summed E-state index contributed by atoms with van der Waals surface area (Å²) in [7, 11) is 0. The Morgan fingerprint density at radius 1 is 1.00 bits per heavy atom. The van der Waals surface area contributed by atoms with E-state index in [4.69, 9.17) is 0 Å². The number of amides is 2. The highest BCUT2D eigenvalue weighted by molar-refractivity contribution is 6.08. The number of hydrogen-bond acceptors (Lipinski definition) is 3. The van der Waals surface area contributed by atoms with E-state index in [1.807, 2.05) is 50.8 Å². The molecule has 3 rings (SSSR count). The van der Waals surface area contributed by atoms with Crippen molar-refractivity contribution in [3.63, 3.8) is 0 Å². The summed E-state index contributed by atoms with van der Waals surface area (Å²) in [5.74, 6) is -2.05. The SMILES string of the molecule is CCN(CC)C[C@@]1(C(=O)Nc2cc(C(F)(F)F)cc(C(F)(F)F)c2)CN(c2c(C)cccc2C)C(=O)[C@H]1C. The van der Waals surface area contributed by atoms with Gasteiger partial charge in [-0.05, 0) is 56.3 Å². The van der Waals surface area contributed by atoms with Gasteiger partial charge in [0.15, 0.2) is 0 Å². The fourth-order valence-corrected chi connectivity index (χ4v) is 5.04. The zero-order valence-corrected chi connectivity index (χ0v) is 21.8. The average Bonchev–Trinajstić information content (AvgIpc) is 3.07. The highest BCUT2D eigenvalue weighted by Crippen LogP contribution is 2.44. The minimum Gasteiger partial charge on any atom is -0.325 e. The molecule has 0 saturated carbocycles. The number of nitrogens with one attached hydrogen (secondary N) is 1. The van der Waals surface area contributed by atoms with Crippen LogP contribution in [0.4, 0.5) is 37.7 Å². The Balaban J connectivity index is 2.11. The molecule has 0 unspecified atom stereocenters. The van der Waals surface area contributed by atoms with Crippen LogP contribution >= 0.6 is 0 Å². The quantitative estimate of drug-likeness (QED) is 0.418. The topological polar surface area (TPSA) is 52.7 Å². The molecule has 2 aromatic carbocycles. The molecule has 0 spiro atoms. The van der Waals surface area contributed by atoms with Crippen LogP contribution in [0.3, 0.4) is 0 Å². The lowest BCUT2D eigenvalue weighted by Crippen LogP contribution is -2.50. The minimum atomic E-state index is -5.06. The first kappa shape index (κ1) is 29.5. The van der Waals surface area contributed by atoms with E-state index < -0.39 is 46.4 Å². The molecule has 0 radical (unpaired) electrons. The fourth-order valence-electron chi connectivity index (χ4n) is 5.04. The number of benzene rings is 2. The summed E-state index contributed by atoms with van der Waals surface area (Å²) in [5.41, 5.74) is -2.90. The summed E-state index contributed by atoms with van der Waals surface area (Å²) in [6.07, 6.45) is -10.1. The zero-order valence-electron chi connectivity index (χ0n) is 21.8. The van der Waals surface area contributed by atoms with Crippen LogP contribution in [0.25, 0.3) is 0 Å². The maximum atomic E-state index is 13.8. The Kier molecular flexibility index (Phi) is 8.21. The number of halogens is 6. The number of alkyl halides is 6. The van der Waals surface area contributed by atoms with Crippen LogP contribution in [0.15, 0.2) is 36.4 Å². The molecule has 38 heavy (non-hydrogen) atoms. The van der Waals surface area contributed by atoms with Crippen LogP contribution in [0.5, 0.6) is 0 Å². The lowest BCUT2D eigenvalue weighted by atomic mass is 9.77. The number of hydrogen-bond donors (Lipinski definition) is 1. The molecular formula is C27H31F6N3O2. The van der Waals surface area contributed by atoms with E-state index in [1.165, 1.54) is 4.90 Å². The second-order valence-electron chi connectivity index (χ2n) is 9.75. The Bertz CT molecular complexity index is 1150. The van der Waals surface area contributed by atoms with Gasteiger partial charge < -0.3 is 15.1 Å². The van der Waals surface area contributed by atoms with E-state index in [9.17, 15) is 35.9 Å². The third-order valence-corrected chi connectivity index (χ3v) is 7.31. The number of carbonyl (C=O) groups excluding carboxylic acids is 2. The second-order valence-corrected chi connectivity index (χ2v) is 9.75. The van der Waals surface area contributed by atoms with Crippen LogP contribution in [0, 0.1) is 25.2 Å². The van der Waals surface area contributed by atoms with Gasteiger partial charge in [0.1, 0.15) is 0 Å². The summed E-state index contributed by atoms with van der Waals surface area (Å²) in [4.78, 5) is 30.8. The maximum absolute atomic E-state index is 13.8. The van der Waals surface area contributed by atoms with Crippen molar-refractivity contribution in [3.8, 4) is 0 Å². The van der Waals surface area contributed by atoms with E-state index in [1.54, 1.807) is 6.92 Å². The molecule has 2 amide bonds. The normalized spacial score (nSPS) is 20.4. The molecule has 0 aromatic heterocycles. The van der Waals surface area contributed by atoms with Gasteiger partial charge in [-0.1, -0.05) is 39.0 Å². The maximum Gasteiger partial charge on any atom is 0.416 e. The van der Waals surface area contributed by atoms with E-state index in [-0.39, 0.29) is 25.1 Å². The van der Waals surface area contributed by atoms with Crippen molar-refractivity contribution < 1.29 is 35.9 Å². The molecular weight excluding hydrogens is 512 g/mol. The molecule has 0 aliphatic carbocycles. The van der Waals surface area contributed by atoms with Gasteiger partial charge in [0, 0.05) is 24.5 Å². The Morgan fingerprint density at radius 2 is 1.50 bits per heavy atom. The third kappa shape index (κ3) is 5.67. The number of aryl methyl sites for hydroxylation is 2. The molecule has 1 saturated heterocycles. The van der Waals surface area contributed by atoms with Crippen molar-refractivity contribution in [2.24, 2.45) is 11.3 Å². The fraction of sp³-hybridized carbons (Fsp3) is 0.481. The highest BCUT2D eigenvalue weighted by atomic mass is 19.4. The molecule has 1 heterocycles. The summed E-state index contributed by atoms with van der Waals surface area (Å²) < 4.78 is 80.4. The van der Waals surface area contributed by atoms with E-state index in [0.29, 0.717) is 30.9 Å². The molecule has 208 valence electrons. The predicted molar refractivity (Wildman–Crippen MR) is 133 cm³/mol. The molecule has 5 nitrogen and oxygen atoms in total. The largest absolute Gasteiger partial charge is 0.416 e. The Morgan fingerprint density at radius 3 is 1.95 bits per heavy atom. The zero-order chi connectivity index (χ0) is 28.6. The van der Waals surface area contributed by atoms with Gasteiger partial charge in [-0.25, -0.2) is 0 Å². The van der Waals surface area contributed by atoms with Crippen LogP contribution in [0.1, 0.15) is 43.0 Å². The van der Waals surface area contributed by atoms with Crippen LogP contribution in [-0.4, -0.2) is 42.9 Å². The predicted octanol–water partition coefficient (Wildman–Crippen LogP) is 6.29. The van der Waals surface area contributed by atoms with Crippen molar-refractivity contribution in [3.05, 3.63) is 58.7 Å².